The number of benzene rings is 2. The molecule has 0 fully saturated rings. The molecule has 0 bridgehead atoms. The molecule has 6 nitrogen and oxygen atoms in total. The molecule has 7 heteroatoms. The highest BCUT2D eigenvalue weighted by Crippen LogP contribution is 2.09. The molecule has 0 radical (unpaired) electrons. The monoisotopic (exact) mass is 370 g/mol. The maximum atomic E-state index is 13.0. The molecule has 0 spiro atoms. The van der Waals surface area contributed by atoms with Gasteiger partial charge in [-0.3, -0.25) is 9.59 Å². The van der Waals surface area contributed by atoms with Crippen LogP contribution in [0, 0.1) is 5.82 Å². The largest absolute Gasteiger partial charge is 0.480 e. The van der Waals surface area contributed by atoms with E-state index < -0.39 is 29.6 Å². The second-order valence-corrected chi connectivity index (χ2v) is 5.84. The van der Waals surface area contributed by atoms with Gasteiger partial charge < -0.3 is 15.7 Å². The molecule has 3 N–H and O–H groups in total. The van der Waals surface area contributed by atoms with Crippen LogP contribution >= 0.6 is 0 Å². The van der Waals surface area contributed by atoms with Gasteiger partial charge in [-0.25, -0.2) is 9.18 Å². The van der Waals surface area contributed by atoms with Crippen molar-refractivity contribution < 1.29 is 23.9 Å². The molecular weight excluding hydrogens is 351 g/mol. The number of hydrogen-bond donors (Lipinski definition) is 3. The molecule has 2 rings (SSSR count). The van der Waals surface area contributed by atoms with E-state index >= 15 is 0 Å². The van der Waals surface area contributed by atoms with Crippen molar-refractivity contribution in [2.24, 2.45) is 0 Å². The van der Waals surface area contributed by atoms with Gasteiger partial charge in [0.05, 0.1) is 0 Å². The highest BCUT2D eigenvalue weighted by molar-refractivity contribution is 6.02. The van der Waals surface area contributed by atoms with Crippen molar-refractivity contribution in [3.05, 3.63) is 77.2 Å². The van der Waals surface area contributed by atoms with Gasteiger partial charge in [-0.1, -0.05) is 42.5 Å². The lowest BCUT2D eigenvalue weighted by Crippen LogP contribution is -2.45. The average molecular weight is 370 g/mol. The van der Waals surface area contributed by atoms with Crippen LogP contribution in [-0.4, -0.2) is 28.9 Å². The van der Waals surface area contributed by atoms with Crippen LogP contribution in [0.2, 0.25) is 0 Å². The maximum Gasteiger partial charge on any atom is 0.326 e. The van der Waals surface area contributed by atoms with Crippen molar-refractivity contribution in [3.8, 4) is 0 Å². The number of amides is 2. The zero-order chi connectivity index (χ0) is 19.8. The molecule has 0 unspecified atom stereocenters. The van der Waals surface area contributed by atoms with Gasteiger partial charge in [-0.2, -0.15) is 0 Å². The Labute approximate surface area is 155 Å². The van der Waals surface area contributed by atoms with E-state index in [4.69, 9.17) is 0 Å². The third-order valence-electron chi connectivity index (χ3n) is 3.62. The van der Waals surface area contributed by atoms with Gasteiger partial charge in [0.2, 0.25) is 5.91 Å². The Kier molecular flexibility index (Phi) is 6.82. The van der Waals surface area contributed by atoms with Crippen LogP contribution in [0.5, 0.6) is 0 Å². The molecule has 27 heavy (non-hydrogen) atoms. The number of hydrogen-bond acceptors (Lipinski definition) is 3. The topological polar surface area (TPSA) is 95.5 Å². The summed E-state index contributed by atoms with van der Waals surface area (Å²) in [6.07, 6.45) is 1.43. The fraction of sp³-hybridized carbons (Fsp3) is 0.150. The number of rotatable bonds is 7. The number of carboxylic acid groups (broad SMARTS) is 1. The predicted molar refractivity (Wildman–Crippen MR) is 97.9 cm³/mol. The van der Waals surface area contributed by atoms with E-state index in [1.807, 2.05) is 0 Å². The van der Waals surface area contributed by atoms with Gasteiger partial charge in [-0.05, 0) is 29.3 Å². The first kappa shape index (κ1) is 19.8. The first-order valence-electron chi connectivity index (χ1n) is 8.17. The first-order chi connectivity index (χ1) is 12.8. The molecular formula is C20H19FN2O4. The van der Waals surface area contributed by atoms with Gasteiger partial charge >= 0.3 is 5.97 Å². The summed E-state index contributed by atoms with van der Waals surface area (Å²) in [5.74, 6) is -2.88. The zero-order valence-corrected chi connectivity index (χ0v) is 14.6. The Morgan fingerprint density at radius 2 is 1.70 bits per heavy atom. The predicted octanol–water partition coefficient (Wildman–Crippen LogP) is 2.11. The maximum absolute atomic E-state index is 13.0. The van der Waals surface area contributed by atoms with Crippen LogP contribution in [0.3, 0.4) is 0 Å². The van der Waals surface area contributed by atoms with E-state index in [9.17, 15) is 23.9 Å². The van der Waals surface area contributed by atoms with Crippen LogP contribution in [0.15, 0.2) is 60.3 Å². The number of carboxylic acids is 1. The quantitative estimate of drug-likeness (QED) is 0.651. The fourth-order valence-corrected chi connectivity index (χ4v) is 2.36. The number of aliphatic carboxylic acids is 1. The lowest BCUT2D eigenvalue weighted by Gasteiger charge is -2.16. The third kappa shape index (κ3) is 6.39. The molecule has 140 valence electrons. The Bertz CT molecular complexity index is 848. The van der Waals surface area contributed by atoms with Crippen LogP contribution in [0.1, 0.15) is 18.1 Å². The van der Waals surface area contributed by atoms with E-state index in [2.05, 4.69) is 10.6 Å². The summed E-state index contributed by atoms with van der Waals surface area (Å²) in [6.45, 7) is 1.23. The van der Waals surface area contributed by atoms with E-state index in [0.717, 1.165) is 5.56 Å². The van der Waals surface area contributed by atoms with Crippen molar-refractivity contribution in [1.29, 1.82) is 0 Å². The lowest BCUT2D eigenvalue weighted by molar-refractivity contribution is -0.141. The van der Waals surface area contributed by atoms with E-state index in [0.29, 0.717) is 5.56 Å². The van der Waals surface area contributed by atoms with Crippen LogP contribution in [-0.2, 0) is 20.8 Å². The summed E-state index contributed by atoms with van der Waals surface area (Å²) in [4.78, 5) is 35.4. The highest BCUT2D eigenvalue weighted by Gasteiger charge is 2.22. The Hall–Kier alpha value is -3.48. The Balaban J connectivity index is 2.21. The van der Waals surface area contributed by atoms with E-state index in [1.165, 1.54) is 37.3 Å². The van der Waals surface area contributed by atoms with Crippen molar-refractivity contribution in [1.82, 2.24) is 10.6 Å². The zero-order valence-electron chi connectivity index (χ0n) is 14.6. The van der Waals surface area contributed by atoms with Gasteiger partial charge in [0.25, 0.3) is 5.91 Å². The van der Waals surface area contributed by atoms with E-state index in [1.54, 1.807) is 30.3 Å². The Morgan fingerprint density at radius 3 is 2.26 bits per heavy atom. The number of carbonyl (C=O) groups is 3. The molecule has 0 aromatic heterocycles. The smallest absolute Gasteiger partial charge is 0.326 e. The SMILES string of the molecule is CC(=O)N/C(=C/c1ccc(F)cc1)C(=O)N[C@@H](Cc1ccccc1)C(=O)O. The summed E-state index contributed by atoms with van der Waals surface area (Å²) in [5, 5.41) is 14.2. The van der Waals surface area contributed by atoms with E-state index in [-0.39, 0.29) is 12.1 Å². The van der Waals surface area contributed by atoms with Gasteiger partial charge in [-0.15, -0.1) is 0 Å². The summed E-state index contributed by atoms with van der Waals surface area (Å²) >= 11 is 0. The van der Waals surface area contributed by atoms with Gasteiger partial charge in [0.15, 0.2) is 0 Å². The lowest BCUT2D eigenvalue weighted by atomic mass is 10.1. The molecule has 0 heterocycles. The highest BCUT2D eigenvalue weighted by atomic mass is 19.1. The fourth-order valence-electron chi connectivity index (χ4n) is 2.36. The van der Waals surface area contributed by atoms with Crippen molar-refractivity contribution in [3.63, 3.8) is 0 Å². The first-order valence-corrected chi connectivity index (χ1v) is 8.17. The van der Waals surface area contributed by atoms with Crippen molar-refractivity contribution in [2.45, 2.75) is 19.4 Å². The summed E-state index contributed by atoms with van der Waals surface area (Å²) in [5.41, 5.74) is 1.09. The number of halogens is 1. The second kappa shape index (κ2) is 9.28. The van der Waals surface area contributed by atoms with Gasteiger partial charge in [0, 0.05) is 13.3 Å². The van der Waals surface area contributed by atoms with Crippen LogP contribution in [0.25, 0.3) is 6.08 Å². The summed E-state index contributed by atoms with van der Waals surface area (Å²) in [6, 6.07) is 13.0. The average Bonchev–Trinajstić information content (AvgIpc) is 2.62. The summed E-state index contributed by atoms with van der Waals surface area (Å²) in [7, 11) is 0. The molecule has 0 aliphatic carbocycles. The number of carbonyl (C=O) groups excluding carboxylic acids is 2. The van der Waals surface area contributed by atoms with Crippen LogP contribution < -0.4 is 10.6 Å². The molecule has 2 aromatic rings. The van der Waals surface area contributed by atoms with Crippen LogP contribution in [0.4, 0.5) is 4.39 Å². The number of nitrogens with one attached hydrogen (secondary N) is 2. The van der Waals surface area contributed by atoms with Gasteiger partial charge in [0.1, 0.15) is 17.6 Å². The minimum Gasteiger partial charge on any atom is -0.480 e. The normalized spacial score (nSPS) is 12.1. The molecule has 1 atom stereocenters. The molecule has 2 aromatic carbocycles. The third-order valence-corrected chi connectivity index (χ3v) is 3.62. The molecule has 2 amide bonds. The summed E-state index contributed by atoms with van der Waals surface area (Å²) < 4.78 is 13.0. The molecule has 0 saturated carbocycles. The minimum atomic E-state index is -1.20. The molecule has 0 saturated heterocycles. The molecule has 0 aliphatic heterocycles. The van der Waals surface area contributed by atoms with Crippen molar-refractivity contribution in [2.75, 3.05) is 0 Å². The minimum absolute atomic E-state index is 0.0891. The standard InChI is InChI=1S/C20H19FN2O4/c1-13(24)22-17(11-15-7-9-16(21)10-8-15)19(25)23-18(20(26)27)12-14-5-3-2-4-6-14/h2-11,18H,12H2,1H3,(H,22,24)(H,23,25)(H,26,27)/b17-11+/t18-/m0/s1. The Morgan fingerprint density at radius 1 is 1.07 bits per heavy atom. The second-order valence-electron chi connectivity index (χ2n) is 5.84. The van der Waals surface area contributed by atoms with Crippen molar-refractivity contribution >= 4 is 23.9 Å². The molecule has 0 aliphatic rings.